The van der Waals surface area contributed by atoms with Gasteiger partial charge >= 0.3 is 0 Å². The molecular weight excluding hydrogens is 743 g/mol. The Bertz CT molecular complexity index is 3280. The molecule has 1 nitrogen and oxygen atoms in total. The van der Waals surface area contributed by atoms with E-state index in [0.717, 1.165) is 17.1 Å². The van der Waals surface area contributed by atoms with Gasteiger partial charge in [-0.25, -0.2) is 0 Å². The fourth-order valence-electron chi connectivity index (χ4n) is 8.71. The molecule has 0 N–H and O–H groups in total. The molecule has 0 bridgehead atoms. The van der Waals surface area contributed by atoms with E-state index in [1.54, 1.807) is 0 Å². The van der Waals surface area contributed by atoms with Gasteiger partial charge in [0.2, 0.25) is 0 Å². The molecule has 0 aliphatic carbocycles. The topological polar surface area (TPSA) is 3.24 Å². The van der Waals surface area contributed by atoms with Crippen molar-refractivity contribution in [1.29, 1.82) is 0 Å². The standard InChI is InChI=1S/C58H39NS/c1-2-12-40(13-3-1)41-26-32-49(33-27-41)59(51-36-30-44(31-37-51)54-23-11-25-57-58(54)55-21-6-7-24-56(55)60-57)50-34-28-42(29-35-50)45-16-8-17-46(38-45)47-18-9-19-48(39-47)53-22-10-15-43-14-4-5-20-52(43)53/h1-39H. The molecule has 0 amide bonds. The van der Waals surface area contributed by atoms with E-state index in [1.807, 2.05) is 11.3 Å². The third-order valence-corrected chi connectivity index (χ3v) is 12.8. The largest absolute Gasteiger partial charge is 0.311 e. The molecule has 0 unspecified atom stereocenters. The van der Waals surface area contributed by atoms with E-state index >= 15 is 0 Å². The van der Waals surface area contributed by atoms with Gasteiger partial charge in [0.1, 0.15) is 0 Å². The second kappa shape index (κ2) is 15.3. The molecule has 10 aromatic carbocycles. The molecule has 0 saturated heterocycles. The van der Waals surface area contributed by atoms with Crippen LogP contribution in [0.5, 0.6) is 0 Å². The minimum Gasteiger partial charge on any atom is -0.311 e. The Kier molecular flexibility index (Phi) is 9.11. The van der Waals surface area contributed by atoms with Crippen LogP contribution >= 0.6 is 11.3 Å². The van der Waals surface area contributed by atoms with Crippen LogP contribution in [0.1, 0.15) is 0 Å². The first-order chi connectivity index (χ1) is 29.7. The highest BCUT2D eigenvalue weighted by Gasteiger charge is 2.16. The van der Waals surface area contributed by atoms with Crippen LogP contribution in [0.25, 0.3) is 86.6 Å². The minimum atomic E-state index is 1.10. The van der Waals surface area contributed by atoms with Gasteiger partial charge in [-0.1, -0.05) is 176 Å². The van der Waals surface area contributed by atoms with Gasteiger partial charge in [0, 0.05) is 37.2 Å². The van der Waals surface area contributed by atoms with Gasteiger partial charge in [0.25, 0.3) is 0 Å². The maximum atomic E-state index is 2.36. The van der Waals surface area contributed by atoms with Crippen molar-refractivity contribution in [3.05, 3.63) is 237 Å². The molecule has 0 aliphatic heterocycles. The van der Waals surface area contributed by atoms with Crippen molar-refractivity contribution in [2.45, 2.75) is 0 Å². The number of benzene rings is 10. The van der Waals surface area contributed by atoms with Crippen LogP contribution in [0.2, 0.25) is 0 Å². The number of nitrogens with zero attached hydrogens (tertiary/aromatic N) is 1. The van der Waals surface area contributed by atoms with Crippen LogP contribution in [0, 0.1) is 0 Å². The lowest BCUT2D eigenvalue weighted by molar-refractivity contribution is 1.28. The number of anilines is 3. The molecule has 11 rings (SSSR count). The summed E-state index contributed by atoms with van der Waals surface area (Å²) < 4.78 is 2.64. The van der Waals surface area contributed by atoms with E-state index in [1.165, 1.54) is 86.6 Å². The van der Waals surface area contributed by atoms with Crippen LogP contribution < -0.4 is 4.90 Å². The van der Waals surface area contributed by atoms with Gasteiger partial charge in [0.15, 0.2) is 0 Å². The SMILES string of the molecule is c1ccc(-c2ccc(N(c3ccc(-c4cccc(-c5cccc(-c6cccc7ccccc67)c5)c4)cc3)c3ccc(-c4cccc5sc6ccccc6c45)cc3)cc2)cc1. The van der Waals surface area contributed by atoms with E-state index < -0.39 is 0 Å². The molecule has 1 aromatic heterocycles. The molecule has 0 saturated carbocycles. The molecule has 0 aliphatic rings. The first-order valence-corrected chi connectivity index (χ1v) is 21.3. The summed E-state index contributed by atoms with van der Waals surface area (Å²) in [6.07, 6.45) is 0. The average Bonchev–Trinajstić information content (AvgIpc) is 3.72. The van der Waals surface area contributed by atoms with E-state index in [4.69, 9.17) is 0 Å². The van der Waals surface area contributed by atoms with Crippen molar-refractivity contribution in [3.8, 4) is 55.6 Å². The summed E-state index contributed by atoms with van der Waals surface area (Å²) in [5, 5.41) is 5.17. The van der Waals surface area contributed by atoms with Crippen molar-refractivity contribution in [2.24, 2.45) is 0 Å². The Morgan fingerprint density at radius 2 is 0.700 bits per heavy atom. The van der Waals surface area contributed by atoms with Crippen LogP contribution in [0.3, 0.4) is 0 Å². The molecule has 0 fully saturated rings. The lowest BCUT2D eigenvalue weighted by atomic mass is 9.94. The normalized spacial score (nSPS) is 11.3. The van der Waals surface area contributed by atoms with Crippen molar-refractivity contribution in [2.75, 3.05) is 4.90 Å². The van der Waals surface area contributed by atoms with Crippen molar-refractivity contribution < 1.29 is 0 Å². The first-order valence-electron chi connectivity index (χ1n) is 20.5. The first kappa shape index (κ1) is 35.6. The Balaban J connectivity index is 0.939. The lowest BCUT2D eigenvalue weighted by Crippen LogP contribution is -2.09. The summed E-state index contributed by atoms with van der Waals surface area (Å²) in [6.45, 7) is 0. The lowest BCUT2D eigenvalue weighted by Gasteiger charge is -2.26. The maximum absolute atomic E-state index is 2.36. The van der Waals surface area contributed by atoms with Crippen LogP contribution in [0.4, 0.5) is 17.1 Å². The number of thiophene rings is 1. The molecule has 282 valence electrons. The van der Waals surface area contributed by atoms with Gasteiger partial charge < -0.3 is 4.90 Å². The molecule has 2 heteroatoms. The molecule has 0 spiro atoms. The third-order valence-electron chi connectivity index (χ3n) is 11.7. The van der Waals surface area contributed by atoms with Gasteiger partial charge in [-0.05, 0) is 127 Å². The van der Waals surface area contributed by atoms with Crippen molar-refractivity contribution >= 4 is 59.3 Å². The number of hydrogen-bond acceptors (Lipinski definition) is 2. The smallest absolute Gasteiger partial charge is 0.0462 e. The summed E-state index contributed by atoms with van der Waals surface area (Å²) in [5.41, 5.74) is 15.4. The van der Waals surface area contributed by atoms with Gasteiger partial charge in [-0.15, -0.1) is 11.3 Å². The summed E-state index contributed by atoms with van der Waals surface area (Å²) in [7, 11) is 0. The van der Waals surface area contributed by atoms with Crippen LogP contribution in [-0.4, -0.2) is 0 Å². The summed E-state index contributed by atoms with van der Waals surface area (Å²) in [4.78, 5) is 2.36. The second-order valence-corrected chi connectivity index (χ2v) is 16.4. The monoisotopic (exact) mass is 781 g/mol. The highest BCUT2D eigenvalue weighted by molar-refractivity contribution is 7.25. The molecule has 11 aromatic rings. The van der Waals surface area contributed by atoms with Crippen LogP contribution in [-0.2, 0) is 0 Å². The predicted molar refractivity (Wildman–Crippen MR) is 259 cm³/mol. The average molecular weight is 782 g/mol. The molecule has 60 heavy (non-hydrogen) atoms. The third kappa shape index (κ3) is 6.63. The second-order valence-electron chi connectivity index (χ2n) is 15.3. The van der Waals surface area contributed by atoms with Crippen LogP contribution in [0.15, 0.2) is 237 Å². The van der Waals surface area contributed by atoms with E-state index in [0.29, 0.717) is 0 Å². The Morgan fingerprint density at radius 1 is 0.267 bits per heavy atom. The van der Waals surface area contributed by atoms with Gasteiger partial charge in [0.05, 0.1) is 0 Å². The van der Waals surface area contributed by atoms with Gasteiger partial charge in [-0.3, -0.25) is 0 Å². The predicted octanol–water partition coefficient (Wildman–Crippen LogP) is 17.0. The summed E-state index contributed by atoms with van der Waals surface area (Å²) >= 11 is 1.86. The molecular formula is C58H39NS. The Labute approximate surface area is 354 Å². The zero-order valence-corrected chi connectivity index (χ0v) is 33.7. The van der Waals surface area contributed by atoms with Crippen molar-refractivity contribution in [1.82, 2.24) is 0 Å². The molecule has 0 radical (unpaired) electrons. The Hall–Kier alpha value is -7.52. The summed E-state index contributed by atoms with van der Waals surface area (Å²) in [6, 6.07) is 86.0. The van der Waals surface area contributed by atoms with E-state index in [-0.39, 0.29) is 0 Å². The van der Waals surface area contributed by atoms with E-state index in [9.17, 15) is 0 Å². The fourth-order valence-corrected chi connectivity index (χ4v) is 9.84. The summed E-state index contributed by atoms with van der Waals surface area (Å²) in [5.74, 6) is 0. The van der Waals surface area contributed by atoms with E-state index in [2.05, 4.69) is 241 Å². The fraction of sp³-hybridized carbons (Fsp3) is 0. The maximum Gasteiger partial charge on any atom is 0.0462 e. The quantitative estimate of drug-likeness (QED) is 0.148. The molecule has 0 atom stereocenters. The van der Waals surface area contributed by atoms with Crippen molar-refractivity contribution in [3.63, 3.8) is 0 Å². The number of rotatable bonds is 8. The minimum absolute atomic E-state index is 1.10. The highest BCUT2D eigenvalue weighted by atomic mass is 32.1. The Morgan fingerprint density at radius 3 is 1.40 bits per heavy atom. The highest BCUT2D eigenvalue weighted by Crippen LogP contribution is 2.42. The zero-order valence-electron chi connectivity index (χ0n) is 32.9. The number of hydrogen-bond donors (Lipinski definition) is 0. The molecule has 1 heterocycles. The number of fused-ring (bicyclic) bond motifs is 4. The zero-order chi connectivity index (χ0) is 39.8. The van der Waals surface area contributed by atoms with Gasteiger partial charge in [-0.2, -0.15) is 0 Å².